The maximum atomic E-state index is 11.3. The molecule has 2 N–H and O–H groups in total. The molecular formula is C31H58O14. The van der Waals surface area contributed by atoms with E-state index < -0.39 is 11.9 Å². The molecule has 0 saturated carbocycles. The third kappa shape index (κ3) is 34.7. The van der Waals surface area contributed by atoms with Crippen molar-refractivity contribution in [1.29, 1.82) is 0 Å². The Morgan fingerprint density at radius 2 is 0.822 bits per heavy atom. The van der Waals surface area contributed by atoms with Crippen LogP contribution in [0.15, 0.2) is 24.3 Å². The second kappa shape index (κ2) is 33.4. The SMILES string of the molecule is C=C(C)C(=O)OCC(C)OCC(C)OCC(C)OC(=O)C(=C)C.OCCOCCOCCOCCOCCOCCOCCO. The predicted octanol–water partition coefficient (Wildman–Crippen LogP) is 1.49. The van der Waals surface area contributed by atoms with E-state index in [-0.39, 0.29) is 44.7 Å². The van der Waals surface area contributed by atoms with Crippen LogP contribution >= 0.6 is 0 Å². The molecule has 45 heavy (non-hydrogen) atoms. The number of aliphatic hydroxyl groups is 2. The molecule has 0 saturated heterocycles. The first-order chi connectivity index (χ1) is 21.5. The normalized spacial score (nSPS) is 12.9. The molecule has 0 heterocycles. The zero-order chi connectivity index (χ0) is 34.1. The maximum Gasteiger partial charge on any atom is 0.333 e. The van der Waals surface area contributed by atoms with Crippen LogP contribution in [0.1, 0.15) is 34.6 Å². The summed E-state index contributed by atoms with van der Waals surface area (Å²) in [6, 6.07) is 0. The lowest BCUT2D eigenvalue weighted by atomic mass is 10.3. The number of carbonyl (C=O) groups excluding carboxylic acids is 2. The van der Waals surface area contributed by atoms with Gasteiger partial charge in [-0.25, -0.2) is 9.59 Å². The molecule has 0 fully saturated rings. The van der Waals surface area contributed by atoms with Gasteiger partial charge in [0.15, 0.2) is 0 Å². The van der Waals surface area contributed by atoms with Crippen LogP contribution in [0.25, 0.3) is 0 Å². The molecule has 0 aromatic carbocycles. The smallest absolute Gasteiger partial charge is 0.333 e. The first-order valence-electron chi connectivity index (χ1n) is 15.2. The Morgan fingerprint density at radius 1 is 0.511 bits per heavy atom. The molecule has 0 bridgehead atoms. The van der Waals surface area contributed by atoms with E-state index in [4.69, 9.17) is 57.6 Å². The molecule has 14 heteroatoms. The summed E-state index contributed by atoms with van der Waals surface area (Å²) in [7, 11) is 0. The van der Waals surface area contributed by atoms with Crippen LogP contribution in [-0.2, 0) is 57.0 Å². The molecule has 0 rings (SSSR count). The van der Waals surface area contributed by atoms with Gasteiger partial charge in [0.2, 0.25) is 0 Å². The van der Waals surface area contributed by atoms with E-state index >= 15 is 0 Å². The number of aliphatic hydroxyl groups excluding tert-OH is 2. The minimum absolute atomic E-state index is 0.0334. The second-order valence-electron chi connectivity index (χ2n) is 9.78. The van der Waals surface area contributed by atoms with E-state index in [1.54, 1.807) is 27.7 Å². The Hall–Kier alpha value is -1.98. The van der Waals surface area contributed by atoms with Gasteiger partial charge >= 0.3 is 11.9 Å². The lowest BCUT2D eigenvalue weighted by molar-refractivity contribution is -0.149. The molecule has 0 spiro atoms. The van der Waals surface area contributed by atoms with Crippen molar-refractivity contribution in [2.24, 2.45) is 0 Å². The van der Waals surface area contributed by atoms with E-state index in [0.29, 0.717) is 97.0 Å². The van der Waals surface area contributed by atoms with Crippen molar-refractivity contribution in [3.05, 3.63) is 24.3 Å². The monoisotopic (exact) mass is 654 g/mol. The number of carbonyl (C=O) groups is 2. The summed E-state index contributed by atoms with van der Waals surface area (Å²) in [4.78, 5) is 22.6. The Balaban J connectivity index is 0. The van der Waals surface area contributed by atoms with Crippen molar-refractivity contribution in [3.8, 4) is 0 Å². The fraction of sp³-hybridized carbons (Fsp3) is 0.806. The van der Waals surface area contributed by atoms with Gasteiger partial charge in [0.05, 0.1) is 118 Å². The molecule has 0 aromatic heterocycles. The van der Waals surface area contributed by atoms with Gasteiger partial charge in [-0.05, 0) is 34.6 Å². The number of hydrogen-bond acceptors (Lipinski definition) is 14. The summed E-state index contributed by atoms with van der Waals surface area (Å²) in [5.74, 6) is -0.865. The van der Waals surface area contributed by atoms with Crippen molar-refractivity contribution in [2.45, 2.75) is 52.9 Å². The lowest BCUT2D eigenvalue weighted by Gasteiger charge is -2.20. The molecule has 14 nitrogen and oxygen atoms in total. The molecule has 0 aliphatic carbocycles. The Labute approximate surface area is 268 Å². The van der Waals surface area contributed by atoms with Gasteiger partial charge in [-0.1, -0.05) is 13.2 Å². The topological polar surface area (TPSA) is 167 Å². The fourth-order valence-corrected chi connectivity index (χ4v) is 2.66. The lowest BCUT2D eigenvalue weighted by Crippen LogP contribution is -2.28. The Morgan fingerprint density at radius 3 is 1.16 bits per heavy atom. The summed E-state index contributed by atoms with van der Waals surface area (Å²) in [6.07, 6.45) is -0.793. The van der Waals surface area contributed by atoms with E-state index in [2.05, 4.69) is 13.2 Å². The van der Waals surface area contributed by atoms with Crippen molar-refractivity contribution >= 4 is 11.9 Å². The summed E-state index contributed by atoms with van der Waals surface area (Å²) in [6.45, 7) is 22.2. The molecule has 3 atom stereocenters. The largest absolute Gasteiger partial charge is 0.460 e. The van der Waals surface area contributed by atoms with Crippen LogP contribution in [0.3, 0.4) is 0 Å². The van der Waals surface area contributed by atoms with Gasteiger partial charge in [-0.2, -0.15) is 0 Å². The number of rotatable bonds is 30. The predicted molar refractivity (Wildman–Crippen MR) is 166 cm³/mol. The number of esters is 2. The van der Waals surface area contributed by atoms with Gasteiger partial charge in [0.1, 0.15) is 12.7 Å². The van der Waals surface area contributed by atoms with Crippen LogP contribution in [0.2, 0.25) is 0 Å². The van der Waals surface area contributed by atoms with E-state index in [9.17, 15) is 9.59 Å². The number of hydrogen-bond donors (Lipinski definition) is 2. The van der Waals surface area contributed by atoms with E-state index in [1.165, 1.54) is 0 Å². The van der Waals surface area contributed by atoms with Gasteiger partial charge < -0.3 is 57.6 Å². The zero-order valence-corrected chi connectivity index (χ0v) is 28.0. The Bertz CT molecular complexity index is 713. The minimum Gasteiger partial charge on any atom is -0.460 e. The molecule has 0 aliphatic heterocycles. The molecule has 3 unspecified atom stereocenters. The van der Waals surface area contributed by atoms with Crippen molar-refractivity contribution in [3.63, 3.8) is 0 Å². The van der Waals surface area contributed by atoms with Crippen LogP contribution in [-0.4, -0.2) is 153 Å². The highest BCUT2D eigenvalue weighted by Crippen LogP contribution is 2.03. The summed E-state index contributed by atoms with van der Waals surface area (Å²) >= 11 is 0. The van der Waals surface area contributed by atoms with Crippen LogP contribution in [0, 0.1) is 0 Å². The van der Waals surface area contributed by atoms with Gasteiger partial charge in [0, 0.05) is 11.1 Å². The molecule has 0 amide bonds. The third-order valence-electron chi connectivity index (χ3n) is 5.02. The second-order valence-corrected chi connectivity index (χ2v) is 9.78. The quantitative estimate of drug-likeness (QED) is 0.0650. The molecule has 0 aliphatic rings. The summed E-state index contributed by atoms with van der Waals surface area (Å²) < 4.78 is 52.4. The van der Waals surface area contributed by atoms with Crippen LogP contribution < -0.4 is 0 Å². The average molecular weight is 655 g/mol. The van der Waals surface area contributed by atoms with Gasteiger partial charge in [-0.15, -0.1) is 0 Å². The first kappa shape index (κ1) is 45.1. The van der Waals surface area contributed by atoms with E-state index in [0.717, 1.165) is 0 Å². The highest BCUT2D eigenvalue weighted by atomic mass is 16.6. The van der Waals surface area contributed by atoms with E-state index in [1.807, 2.05) is 6.92 Å². The van der Waals surface area contributed by atoms with Gasteiger partial charge in [0.25, 0.3) is 0 Å². The first-order valence-corrected chi connectivity index (χ1v) is 15.2. The third-order valence-corrected chi connectivity index (χ3v) is 5.02. The average Bonchev–Trinajstić information content (AvgIpc) is 3.01. The van der Waals surface area contributed by atoms with Crippen LogP contribution in [0.4, 0.5) is 0 Å². The maximum absolute atomic E-state index is 11.3. The highest BCUT2D eigenvalue weighted by molar-refractivity contribution is 5.87. The zero-order valence-electron chi connectivity index (χ0n) is 28.0. The standard InChI is InChI=1S/C17H28O6.C14H30O8/c1-11(2)16(18)22-9-14(6)20-8-13(5)21-10-15(7)23-17(19)12(3)4;15-1-3-17-5-7-19-9-11-21-13-14-22-12-10-20-8-6-18-4-2-16/h13-15H,1,3,8-10H2,2,4-7H3;15-16H,1-14H2. The molecular weight excluding hydrogens is 596 g/mol. The molecule has 266 valence electrons. The highest BCUT2D eigenvalue weighted by Gasteiger charge is 2.14. The van der Waals surface area contributed by atoms with Crippen molar-refractivity contribution in [1.82, 2.24) is 0 Å². The molecule has 0 aromatic rings. The van der Waals surface area contributed by atoms with Crippen molar-refractivity contribution < 1.29 is 67.2 Å². The summed E-state index contributed by atoms with van der Waals surface area (Å²) in [5.41, 5.74) is 0.707. The molecule has 0 radical (unpaired) electrons. The summed E-state index contributed by atoms with van der Waals surface area (Å²) in [5, 5.41) is 17.0. The fourth-order valence-electron chi connectivity index (χ4n) is 2.66. The number of ether oxygens (including phenoxy) is 10. The van der Waals surface area contributed by atoms with Gasteiger partial charge in [-0.3, -0.25) is 0 Å². The minimum atomic E-state index is -0.432. The Kier molecular flexibility index (Phi) is 33.5. The van der Waals surface area contributed by atoms with Crippen molar-refractivity contribution in [2.75, 3.05) is 112 Å². The van der Waals surface area contributed by atoms with Crippen LogP contribution in [0.5, 0.6) is 0 Å².